The minimum absolute atomic E-state index is 0.259. The van der Waals surface area contributed by atoms with Gasteiger partial charge in [-0.25, -0.2) is 4.79 Å². The fourth-order valence-electron chi connectivity index (χ4n) is 1.88. The van der Waals surface area contributed by atoms with E-state index in [9.17, 15) is 9.59 Å². The summed E-state index contributed by atoms with van der Waals surface area (Å²) in [6.45, 7) is 0.727. The molecule has 1 unspecified atom stereocenters. The SMILES string of the molecule is O=C(O)C1CCN(C(=O)Nc2ccc(Cl)cc2)C1. The second-order valence-corrected chi connectivity index (χ2v) is 4.64. The van der Waals surface area contributed by atoms with Gasteiger partial charge in [-0.1, -0.05) is 11.6 Å². The molecule has 1 aliphatic rings. The molecule has 96 valence electrons. The molecule has 1 fully saturated rings. The summed E-state index contributed by atoms with van der Waals surface area (Å²) >= 11 is 5.74. The lowest BCUT2D eigenvalue weighted by atomic mass is 10.1. The summed E-state index contributed by atoms with van der Waals surface area (Å²) in [5.74, 6) is -1.31. The number of benzene rings is 1. The van der Waals surface area contributed by atoms with Crippen molar-refractivity contribution in [1.82, 2.24) is 4.90 Å². The molecule has 1 aromatic rings. The van der Waals surface area contributed by atoms with E-state index in [1.165, 1.54) is 4.90 Å². The number of rotatable bonds is 2. The van der Waals surface area contributed by atoms with Crippen molar-refractivity contribution in [3.8, 4) is 0 Å². The molecule has 1 heterocycles. The van der Waals surface area contributed by atoms with E-state index in [4.69, 9.17) is 16.7 Å². The minimum Gasteiger partial charge on any atom is -0.481 e. The van der Waals surface area contributed by atoms with E-state index in [0.29, 0.717) is 23.7 Å². The number of nitrogens with zero attached hydrogens (tertiary/aromatic N) is 1. The number of urea groups is 1. The van der Waals surface area contributed by atoms with Gasteiger partial charge in [-0.15, -0.1) is 0 Å². The molecule has 0 radical (unpaired) electrons. The van der Waals surface area contributed by atoms with Gasteiger partial charge in [0.25, 0.3) is 0 Å². The highest BCUT2D eigenvalue weighted by molar-refractivity contribution is 6.30. The Bertz CT molecular complexity index is 461. The Labute approximate surface area is 109 Å². The van der Waals surface area contributed by atoms with Gasteiger partial charge in [0.15, 0.2) is 0 Å². The Balaban J connectivity index is 1.93. The van der Waals surface area contributed by atoms with Gasteiger partial charge in [0.1, 0.15) is 0 Å². The number of carbonyl (C=O) groups is 2. The first-order valence-corrected chi connectivity index (χ1v) is 5.98. The Morgan fingerprint density at radius 3 is 2.56 bits per heavy atom. The summed E-state index contributed by atoms with van der Waals surface area (Å²) in [4.78, 5) is 24.2. The second kappa shape index (κ2) is 5.27. The molecule has 0 spiro atoms. The zero-order chi connectivity index (χ0) is 13.1. The van der Waals surface area contributed by atoms with Crippen LogP contribution in [0.4, 0.5) is 10.5 Å². The molecule has 2 N–H and O–H groups in total. The van der Waals surface area contributed by atoms with Crippen molar-refractivity contribution in [2.75, 3.05) is 18.4 Å². The molecule has 2 rings (SSSR count). The van der Waals surface area contributed by atoms with E-state index in [-0.39, 0.29) is 12.6 Å². The predicted octanol–water partition coefficient (Wildman–Crippen LogP) is 2.28. The Morgan fingerprint density at radius 1 is 1.33 bits per heavy atom. The third kappa shape index (κ3) is 2.92. The van der Waals surface area contributed by atoms with E-state index in [0.717, 1.165) is 0 Å². The summed E-state index contributed by atoms with van der Waals surface area (Å²) < 4.78 is 0. The predicted molar refractivity (Wildman–Crippen MR) is 67.8 cm³/mol. The van der Waals surface area contributed by atoms with Crippen LogP contribution >= 0.6 is 11.6 Å². The van der Waals surface area contributed by atoms with E-state index in [2.05, 4.69) is 5.32 Å². The smallest absolute Gasteiger partial charge is 0.321 e. The van der Waals surface area contributed by atoms with Crippen LogP contribution in [0.15, 0.2) is 24.3 Å². The molecular weight excluding hydrogens is 256 g/mol. The van der Waals surface area contributed by atoms with Crippen molar-refractivity contribution in [2.24, 2.45) is 5.92 Å². The zero-order valence-corrected chi connectivity index (χ0v) is 10.4. The van der Waals surface area contributed by atoms with Crippen LogP contribution in [-0.4, -0.2) is 35.1 Å². The number of carbonyl (C=O) groups excluding carboxylic acids is 1. The molecule has 0 saturated carbocycles. The first-order chi connectivity index (χ1) is 8.56. The Morgan fingerprint density at radius 2 is 2.00 bits per heavy atom. The summed E-state index contributed by atoms with van der Waals surface area (Å²) in [6.07, 6.45) is 0.503. The first kappa shape index (κ1) is 12.7. The summed E-state index contributed by atoms with van der Waals surface area (Å²) in [6, 6.07) is 6.49. The number of hydrogen-bond donors (Lipinski definition) is 2. The fraction of sp³-hybridized carbons (Fsp3) is 0.333. The average Bonchev–Trinajstić information content (AvgIpc) is 2.81. The summed E-state index contributed by atoms with van der Waals surface area (Å²) in [5, 5.41) is 12.2. The van der Waals surface area contributed by atoms with E-state index in [1.807, 2.05) is 0 Å². The molecule has 1 aromatic carbocycles. The summed E-state index contributed by atoms with van der Waals surface area (Å²) in [5.41, 5.74) is 0.642. The molecule has 2 amide bonds. The molecule has 6 heteroatoms. The van der Waals surface area contributed by atoms with Crippen molar-refractivity contribution in [1.29, 1.82) is 0 Å². The van der Waals surface area contributed by atoms with Crippen LogP contribution in [0.5, 0.6) is 0 Å². The van der Waals surface area contributed by atoms with Crippen LogP contribution in [0, 0.1) is 5.92 Å². The van der Waals surface area contributed by atoms with Crippen molar-refractivity contribution in [3.05, 3.63) is 29.3 Å². The van der Waals surface area contributed by atoms with Crippen molar-refractivity contribution in [3.63, 3.8) is 0 Å². The monoisotopic (exact) mass is 268 g/mol. The lowest BCUT2D eigenvalue weighted by Gasteiger charge is -2.16. The number of carboxylic acid groups (broad SMARTS) is 1. The number of carboxylic acids is 1. The molecule has 0 aliphatic carbocycles. The maximum absolute atomic E-state index is 11.9. The van der Waals surface area contributed by atoms with Gasteiger partial charge >= 0.3 is 12.0 Å². The lowest BCUT2D eigenvalue weighted by Crippen LogP contribution is -2.33. The fourth-order valence-corrected chi connectivity index (χ4v) is 2.01. The maximum atomic E-state index is 11.9. The highest BCUT2D eigenvalue weighted by Crippen LogP contribution is 2.18. The largest absolute Gasteiger partial charge is 0.481 e. The highest BCUT2D eigenvalue weighted by atomic mass is 35.5. The molecule has 0 bridgehead atoms. The zero-order valence-electron chi connectivity index (χ0n) is 9.60. The number of likely N-dealkylation sites (tertiary alicyclic amines) is 1. The van der Waals surface area contributed by atoms with Crippen LogP contribution in [0.2, 0.25) is 5.02 Å². The Hall–Kier alpha value is -1.75. The number of hydrogen-bond acceptors (Lipinski definition) is 2. The maximum Gasteiger partial charge on any atom is 0.321 e. The third-order valence-corrected chi connectivity index (χ3v) is 3.17. The van der Waals surface area contributed by atoms with Crippen LogP contribution in [-0.2, 0) is 4.79 Å². The van der Waals surface area contributed by atoms with Gasteiger partial charge in [0.05, 0.1) is 5.92 Å². The van der Waals surface area contributed by atoms with Crippen LogP contribution < -0.4 is 5.32 Å². The van der Waals surface area contributed by atoms with Crippen molar-refractivity contribution >= 4 is 29.3 Å². The topological polar surface area (TPSA) is 69.6 Å². The number of aliphatic carboxylic acids is 1. The van der Waals surface area contributed by atoms with E-state index >= 15 is 0 Å². The molecule has 1 aliphatic heterocycles. The van der Waals surface area contributed by atoms with Gasteiger partial charge < -0.3 is 15.3 Å². The van der Waals surface area contributed by atoms with Gasteiger partial charge in [0.2, 0.25) is 0 Å². The van der Waals surface area contributed by atoms with Crippen molar-refractivity contribution in [2.45, 2.75) is 6.42 Å². The molecular formula is C12H13ClN2O3. The van der Waals surface area contributed by atoms with Crippen LogP contribution in [0.1, 0.15) is 6.42 Å². The van der Waals surface area contributed by atoms with Gasteiger partial charge in [-0.2, -0.15) is 0 Å². The number of anilines is 1. The lowest BCUT2D eigenvalue weighted by molar-refractivity contribution is -0.141. The third-order valence-electron chi connectivity index (χ3n) is 2.92. The first-order valence-electron chi connectivity index (χ1n) is 5.60. The van der Waals surface area contributed by atoms with Gasteiger partial charge in [-0.05, 0) is 30.7 Å². The number of amides is 2. The molecule has 1 atom stereocenters. The highest BCUT2D eigenvalue weighted by Gasteiger charge is 2.30. The quantitative estimate of drug-likeness (QED) is 0.864. The number of nitrogens with one attached hydrogen (secondary N) is 1. The molecule has 5 nitrogen and oxygen atoms in total. The van der Waals surface area contributed by atoms with Gasteiger partial charge in [-0.3, -0.25) is 4.79 Å². The molecule has 18 heavy (non-hydrogen) atoms. The van der Waals surface area contributed by atoms with E-state index in [1.54, 1.807) is 24.3 Å². The van der Waals surface area contributed by atoms with E-state index < -0.39 is 11.9 Å². The van der Waals surface area contributed by atoms with Crippen LogP contribution in [0.3, 0.4) is 0 Å². The summed E-state index contributed by atoms with van der Waals surface area (Å²) in [7, 11) is 0. The minimum atomic E-state index is -0.850. The molecule has 1 saturated heterocycles. The standard InChI is InChI=1S/C12H13ClN2O3/c13-9-1-3-10(4-2-9)14-12(18)15-6-5-8(7-15)11(16)17/h1-4,8H,5-7H2,(H,14,18)(H,16,17). The second-order valence-electron chi connectivity index (χ2n) is 4.21. The normalized spacial score (nSPS) is 18.7. The average molecular weight is 269 g/mol. The number of halogens is 1. The van der Waals surface area contributed by atoms with Gasteiger partial charge in [0, 0.05) is 23.8 Å². The Kier molecular flexibility index (Phi) is 3.72. The molecule has 0 aromatic heterocycles. The van der Waals surface area contributed by atoms with Crippen LogP contribution in [0.25, 0.3) is 0 Å². The van der Waals surface area contributed by atoms with Crippen molar-refractivity contribution < 1.29 is 14.7 Å².